The summed E-state index contributed by atoms with van der Waals surface area (Å²) in [5.74, 6) is -0.00818. The number of carbonyl (C=O) groups excluding carboxylic acids is 3. The number of piperazine rings is 1. The lowest BCUT2D eigenvalue weighted by Crippen LogP contribution is -2.69. The quantitative estimate of drug-likeness (QED) is 0.248. The van der Waals surface area contributed by atoms with Crippen molar-refractivity contribution in [2.75, 3.05) is 39.9 Å². The number of cyclic esters (lactones) is 1. The number of phenols is 1. The second-order valence-electron chi connectivity index (χ2n) is 13.3. The molecule has 0 radical (unpaired) electrons. The van der Waals surface area contributed by atoms with Gasteiger partial charge in [-0.3, -0.25) is 14.6 Å². The summed E-state index contributed by atoms with van der Waals surface area (Å²) >= 11 is 18.6. The maximum absolute atomic E-state index is 13.7. The van der Waals surface area contributed by atoms with E-state index in [-0.39, 0.29) is 36.7 Å². The predicted octanol–water partition coefficient (Wildman–Crippen LogP) is 4.70. The normalized spacial score (nSPS) is 27.7. The maximum Gasteiger partial charge on any atom is 0.408 e. The first kappa shape index (κ1) is 36.8. The molecule has 0 aromatic heterocycles. The summed E-state index contributed by atoms with van der Waals surface area (Å²) < 4.78 is 32.8. The van der Waals surface area contributed by atoms with Crippen molar-refractivity contribution in [3.05, 3.63) is 39.4 Å². The molecule has 0 saturated carbocycles. The number of aromatic hydroxyl groups is 1. The van der Waals surface area contributed by atoms with Gasteiger partial charge in [0, 0.05) is 47.0 Å². The Hall–Kier alpha value is -3.52. The third kappa shape index (κ3) is 6.01. The minimum absolute atomic E-state index is 0.00825. The molecule has 52 heavy (non-hydrogen) atoms. The number of thioether (sulfide) groups is 1. The molecule has 2 aromatic rings. The molecule has 7 atom stereocenters. The zero-order valence-electron chi connectivity index (χ0n) is 28.7. The lowest BCUT2D eigenvalue weighted by atomic mass is 9.71. The Morgan fingerprint density at radius 2 is 1.88 bits per heavy atom. The van der Waals surface area contributed by atoms with Gasteiger partial charge in [0.15, 0.2) is 23.0 Å². The predicted molar refractivity (Wildman–Crippen MR) is 188 cm³/mol. The molecule has 4 bridgehead atoms. The number of alkyl carbamates (subject to hydrolysis) is 1. The number of aryl methyl sites for hydroxylation is 1. The standard InChI is InChI=1S/C34H35Cl3N4O10S/c1-13-6-16-7-18-19(8-38)41-20-9-47-32(44)17(39-33(45)48-11-34(35,36)37)10-52-31(25(41)24(40(18)4)21(16)26(43)27(13)46-5)23-22(20)30-29(49-12-50-30)14(2)28(23)51-15(3)42/h6,17-20,24-25,31,43H,7,9-12H2,1-5H3,(H,39,45)/t17-,18+,19-,20-,24+,25+,31-/m0/s1. The van der Waals surface area contributed by atoms with E-state index in [2.05, 4.69) is 21.2 Å². The number of fused-ring (bicyclic) bond motifs is 9. The Morgan fingerprint density at radius 3 is 2.56 bits per heavy atom. The van der Waals surface area contributed by atoms with E-state index in [1.807, 2.05) is 20.0 Å². The summed E-state index contributed by atoms with van der Waals surface area (Å²) in [5, 5.41) is 24.7. The number of hydrogen-bond acceptors (Lipinski definition) is 14. The molecule has 278 valence electrons. The number of phenolic OH excluding ortho intramolecular Hbond substituents is 1. The van der Waals surface area contributed by atoms with Gasteiger partial charge in [0.2, 0.25) is 10.6 Å². The molecule has 2 N–H and O–H groups in total. The van der Waals surface area contributed by atoms with Crippen LogP contribution in [0.5, 0.6) is 28.7 Å². The fraction of sp³-hybridized carbons (Fsp3) is 0.529. The number of nitrogens with one attached hydrogen (secondary N) is 1. The van der Waals surface area contributed by atoms with E-state index in [1.165, 1.54) is 25.8 Å². The SMILES string of the molecule is COc1c(C)cc2c(c1O)[C@@H]1[C@@H]3[C@H]4SC[C@H](NC(=O)OCC(Cl)(Cl)Cl)C(=O)OC[C@@H](c5c6c(c(C)c(OC(C)=O)c54)OCO6)N3[C@@H](C#N)[C@@H](C2)N1C. The number of ether oxygens (including phenoxy) is 6. The highest BCUT2D eigenvalue weighted by molar-refractivity contribution is 7.99. The Bertz CT molecular complexity index is 1900. The summed E-state index contributed by atoms with van der Waals surface area (Å²) in [7, 11) is 3.42. The lowest BCUT2D eigenvalue weighted by Gasteiger charge is -2.61. The maximum atomic E-state index is 13.7. The summed E-state index contributed by atoms with van der Waals surface area (Å²) in [6, 6.07) is 0.309. The van der Waals surface area contributed by atoms with Gasteiger partial charge in [-0.15, -0.1) is 11.8 Å². The average Bonchev–Trinajstić information content (AvgIpc) is 3.57. The van der Waals surface area contributed by atoms with Crippen molar-refractivity contribution in [2.24, 2.45) is 0 Å². The van der Waals surface area contributed by atoms with Crippen molar-refractivity contribution in [2.45, 2.75) is 72.5 Å². The van der Waals surface area contributed by atoms with Gasteiger partial charge in [0.1, 0.15) is 31.0 Å². The van der Waals surface area contributed by atoms with Gasteiger partial charge in [0.05, 0.1) is 30.5 Å². The fourth-order valence-corrected chi connectivity index (χ4v) is 10.1. The number of nitriles is 1. The first-order chi connectivity index (χ1) is 24.7. The lowest BCUT2D eigenvalue weighted by molar-refractivity contribution is -0.151. The summed E-state index contributed by atoms with van der Waals surface area (Å²) in [6.45, 7) is 3.97. The van der Waals surface area contributed by atoms with Gasteiger partial charge in [-0.2, -0.15) is 5.26 Å². The van der Waals surface area contributed by atoms with Crippen LogP contribution in [0.3, 0.4) is 0 Å². The minimum Gasteiger partial charge on any atom is -0.504 e. The van der Waals surface area contributed by atoms with Gasteiger partial charge in [-0.1, -0.05) is 40.9 Å². The van der Waals surface area contributed by atoms with Crippen molar-refractivity contribution in [3.8, 4) is 34.8 Å². The molecule has 5 aliphatic rings. The van der Waals surface area contributed by atoms with Crippen LogP contribution in [0.25, 0.3) is 0 Å². The Morgan fingerprint density at radius 1 is 1.15 bits per heavy atom. The molecule has 1 amide bonds. The van der Waals surface area contributed by atoms with Crippen molar-refractivity contribution >= 4 is 64.6 Å². The van der Waals surface area contributed by atoms with E-state index < -0.39 is 63.9 Å². The number of esters is 2. The van der Waals surface area contributed by atoms with Crippen LogP contribution in [0, 0.1) is 25.2 Å². The summed E-state index contributed by atoms with van der Waals surface area (Å²) in [4.78, 5) is 43.4. The number of likely N-dealkylation sites (N-methyl/N-ethyl adjacent to an activating group) is 1. The number of alkyl halides is 3. The highest BCUT2D eigenvalue weighted by atomic mass is 35.6. The molecule has 0 spiro atoms. The number of benzene rings is 2. The Labute approximate surface area is 318 Å². The minimum atomic E-state index is -1.88. The molecular formula is C34H35Cl3N4O10S. The van der Waals surface area contributed by atoms with Gasteiger partial charge in [0.25, 0.3) is 0 Å². The van der Waals surface area contributed by atoms with Crippen LogP contribution in [0.2, 0.25) is 0 Å². The Kier molecular flexibility index (Phi) is 9.71. The van der Waals surface area contributed by atoms with Crippen LogP contribution in [0.15, 0.2) is 6.07 Å². The number of methoxy groups -OCH3 is 1. The van der Waals surface area contributed by atoms with E-state index in [0.29, 0.717) is 45.9 Å². The molecule has 2 aromatic carbocycles. The number of amides is 1. The smallest absolute Gasteiger partial charge is 0.408 e. The third-order valence-electron chi connectivity index (χ3n) is 10.3. The number of carbonyl (C=O) groups is 3. The highest BCUT2D eigenvalue weighted by Gasteiger charge is 2.60. The number of hydrogen-bond donors (Lipinski definition) is 2. The first-order valence-corrected chi connectivity index (χ1v) is 18.6. The van der Waals surface area contributed by atoms with E-state index in [4.69, 9.17) is 63.2 Å². The van der Waals surface area contributed by atoms with E-state index in [0.717, 1.165) is 11.1 Å². The molecule has 5 heterocycles. The fourth-order valence-electron chi connectivity index (χ4n) is 8.40. The molecule has 2 saturated heterocycles. The molecule has 5 aliphatic heterocycles. The van der Waals surface area contributed by atoms with Crippen LogP contribution in [0.4, 0.5) is 4.79 Å². The topological polar surface area (TPSA) is 169 Å². The van der Waals surface area contributed by atoms with Gasteiger partial charge in [-0.25, -0.2) is 9.59 Å². The second kappa shape index (κ2) is 13.7. The van der Waals surface area contributed by atoms with Gasteiger partial charge >= 0.3 is 18.0 Å². The average molecular weight is 798 g/mol. The number of halogens is 3. The largest absolute Gasteiger partial charge is 0.504 e. The third-order valence-corrected chi connectivity index (χ3v) is 12.0. The van der Waals surface area contributed by atoms with Crippen molar-refractivity contribution in [1.29, 1.82) is 5.26 Å². The molecule has 7 rings (SSSR count). The zero-order chi connectivity index (χ0) is 37.4. The van der Waals surface area contributed by atoms with E-state index in [9.17, 15) is 24.8 Å². The summed E-state index contributed by atoms with van der Waals surface area (Å²) in [6.07, 6.45) is -0.553. The van der Waals surface area contributed by atoms with E-state index >= 15 is 0 Å². The molecule has 2 fully saturated rings. The van der Waals surface area contributed by atoms with Crippen LogP contribution < -0.4 is 24.3 Å². The molecule has 0 unspecified atom stereocenters. The number of nitrogens with zero attached hydrogens (tertiary/aromatic N) is 3. The van der Waals surface area contributed by atoms with Gasteiger partial charge in [-0.05, 0) is 38.4 Å². The molecule has 14 nitrogen and oxygen atoms in total. The van der Waals surface area contributed by atoms with Crippen molar-refractivity contribution < 1.29 is 47.9 Å². The first-order valence-electron chi connectivity index (χ1n) is 16.4. The molecule has 0 aliphatic carbocycles. The second-order valence-corrected chi connectivity index (χ2v) is 17.0. The number of rotatable bonds is 4. The Balaban J connectivity index is 1.45. The van der Waals surface area contributed by atoms with Crippen LogP contribution in [-0.2, 0) is 25.5 Å². The monoisotopic (exact) mass is 796 g/mol. The van der Waals surface area contributed by atoms with Crippen LogP contribution >= 0.6 is 46.6 Å². The van der Waals surface area contributed by atoms with Crippen molar-refractivity contribution in [1.82, 2.24) is 15.1 Å². The van der Waals surface area contributed by atoms with Crippen LogP contribution in [-0.4, -0.2) is 101 Å². The van der Waals surface area contributed by atoms with E-state index in [1.54, 1.807) is 6.92 Å². The zero-order valence-corrected chi connectivity index (χ0v) is 31.7. The summed E-state index contributed by atoms with van der Waals surface area (Å²) in [5.41, 5.74) is 3.97. The molecule has 18 heteroatoms. The highest BCUT2D eigenvalue weighted by Crippen LogP contribution is 2.64. The molecular weight excluding hydrogens is 763 g/mol. The van der Waals surface area contributed by atoms with Gasteiger partial charge < -0.3 is 38.8 Å². The van der Waals surface area contributed by atoms with Crippen molar-refractivity contribution in [3.63, 3.8) is 0 Å². The van der Waals surface area contributed by atoms with Crippen LogP contribution in [0.1, 0.15) is 57.6 Å².